The van der Waals surface area contributed by atoms with Crippen molar-refractivity contribution in [3.63, 3.8) is 0 Å². The van der Waals surface area contributed by atoms with Crippen LogP contribution in [0, 0.1) is 0 Å². The van der Waals surface area contributed by atoms with Crippen LogP contribution in [0.4, 0.5) is 0 Å². The van der Waals surface area contributed by atoms with Crippen LogP contribution in [-0.4, -0.2) is 27.1 Å². The Morgan fingerprint density at radius 1 is 1.08 bits per heavy atom. The Balaban J connectivity index is 2.36. The molecule has 7 heteroatoms. The van der Waals surface area contributed by atoms with Crippen molar-refractivity contribution in [1.29, 1.82) is 0 Å². The Labute approximate surface area is 147 Å². The molecule has 1 aromatic heterocycles. The second kappa shape index (κ2) is 6.47. The molecule has 0 aliphatic carbocycles. The molecule has 0 radical (unpaired) electrons. The molecule has 1 N–H and O–H groups in total. The van der Waals surface area contributed by atoms with E-state index in [2.05, 4.69) is 5.10 Å². The first-order valence-corrected chi connectivity index (χ1v) is 7.61. The highest BCUT2D eigenvalue weighted by atomic mass is 35.5. The molecule has 3 aromatic rings. The fraction of sp³-hybridized carbons (Fsp3) is 0. The fourth-order valence-electron chi connectivity index (χ4n) is 2.38. The van der Waals surface area contributed by atoms with Gasteiger partial charge in [0.05, 0.1) is 22.0 Å². The summed E-state index contributed by atoms with van der Waals surface area (Å²) in [5.41, 5.74) is 1.05. The summed E-state index contributed by atoms with van der Waals surface area (Å²) in [6.45, 7) is 0. The van der Waals surface area contributed by atoms with Crippen molar-refractivity contribution < 1.29 is 14.7 Å². The number of hydrogen-bond acceptors (Lipinski definition) is 3. The number of rotatable bonds is 4. The minimum atomic E-state index is -1.29. The number of benzene rings is 2. The zero-order chi connectivity index (χ0) is 17.3. The number of para-hydroxylation sites is 1. The average Bonchev–Trinajstić information content (AvgIpc) is 2.95. The lowest BCUT2D eigenvalue weighted by molar-refractivity contribution is 0.0687. The molecule has 0 atom stereocenters. The Morgan fingerprint density at radius 2 is 1.75 bits per heavy atom. The molecule has 0 unspecified atom stereocenters. The van der Waals surface area contributed by atoms with Gasteiger partial charge in [-0.1, -0.05) is 47.5 Å². The van der Waals surface area contributed by atoms with Crippen LogP contribution < -0.4 is 0 Å². The van der Waals surface area contributed by atoms with Gasteiger partial charge >= 0.3 is 5.97 Å². The minimum absolute atomic E-state index is 0.0234. The topological polar surface area (TPSA) is 72.2 Å². The molecule has 5 nitrogen and oxygen atoms in total. The Kier molecular flexibility index (Phi) is 4.38. The first-order valence-electron chi connectivity index (χ1n) is 6.85. The molecule has 0 bridgehead atoms. The molecule has 3 rings (SSSR count). The normalized spacial score (nSPS) is 10.6. The lowest BCUT2D eigenvalue weighted by Gasteiger charge is -2.10. The highest BCUT2D eigenvalue weighted by molar-refractivity contribution is 6.32. The van der Waals surface area contributed by atoms with E-state index < -0.39 is 5.97 Å². The van der Waals surface area contributed by atoms with Gasteiger partial charge in [-0.05, 0) is 24.3 Å². The van der Waals surface area contributed by atoms with E-state index >= 15 is 0 Å². The quantitative estimate of drug-likeness (QED) is 0.701. The number of halogens is 2. The number of nitrogens with zero attached hydrogens (tertiary/aromatic N) is 2. The molecule has 0 saturated heterocycles. The molecule has 2 aromatic carbocycles. The van der Waals surface area contributed by atoms with Crippen molar-refractivity contribution in [3.8, 4) is 16.9 Å². The molecule has 0 saturated carbocycles. The van der Waals surface area contributed by atoms with Gasteiger partial charge in [0, 0.05) is 10.6 Å². The number of carbonyl (C=O) groups excluding carboxylic acids is 1. The van der Waals surface area contributed by atoms with Crippen LogP contribution in [0.25, 0.3) is 16.9 Å². The highest BCUT2D eigenvalue weighted by Crippen LogP contribution is 2.31. The van der Waals surface area contributed by atoms with Crippen molar-refractivity contribution in [2.24, 2.45) is 0 Å². The second-order valence-corrected chi connectivity index (χ2v) is 5.75. The van der Waals surface area contributed by atoms with Gasteiger partial charge in [-0.3, -0.25) is 4.79 Å². The minimum Gasteiger partial charge on any atom is -0.476 e. The maximum Gasteiger partial charge on any atom is 0.357 e. The van der Waals surface area contributed by atoms with E-state index in [-0.39, 0.29) is 11.3 Å². The van der Waals surface area contributed by atoms with Gasteiger partial charge in [-0.2, -0.15) is 5.10 Å². The summed E-state index contributed by atoms with van der Waals surface area (Å²) in [6, 6.07) is 13.5. The van der Waals surface area contributed by atoms with Gasteiger partial charge in [0.2, 0.25) is 0 Å². The van der Waals surface area contributed by atoms with E-state index in [1.54, 1.807) is 48.5 Å². The van der Waals surface area contributed by atoms with Crippen LogP contribution >= 0.6 is 23.2 Å². The molecular weight excluding hydrogens is 351 g/mol. The lowest BCUT2D eigenvalue weighted by atomic mass is 10.1. The summed E-state index contributed by atoms with van der Waals surface area (Å²) in [6.07, 6.45) is 0.480. The third-order valence-corrected chi connectivity index (χ3v) is 4.01. The van der Waals surface area contributed by atoms with Crippen LogP contribution in [0.5, 0.6) is 0 Å². The summed E-state index contributed by atoms with van der Waals surface area (Å²) in [5, 5.41) is 14.3. The van der Waals surface area contributed by atoms with E-state index in [0.717, 1.165) is 0 Å². The Hall–Kier alpha value is -2.63. The van der Waals surface area contributed by atoms with Gasteiger partial charge in [0.25, 0.3) is 0 Å². The third-order valence-electron chi connectivity index (χ3n) is 3.44. The summed E-state index contributed by atoms with van der Waals surface area (Å²) in [4.78, 5) is 23.0. The number of carboxylic acid groups (broad SMARTS) is 1. The van der Waals surface area contributed by atoms with Crippen LogP contribution in [0.3, 0.4) is 0 Å². The van der Waals surface area contributed by atoms with E-state index in [1.807, 2.05) is 0 Å². The van der Waals surface area contributed by atoms with Gasteiger partial charge < -0.3 is 5.11 Å². The van der Waals surface area contributed by atoms with Gasteiger partial charge in [-0.25, -0.2) is 9.48 Å². The van der Waals surface area contributed by atoms with E-state index in [9.17, 15) is 14.7 Å². The number of aromatic carboxylic acids is 1. The standard InChI is InChI=1S/C17H10Cl2N2O3/c18-11-7-5-10(6-8-11)16-12(9-22)15(17(23)24)20-21(16)14-4-2-1-3-13(14)19/h1-9H,(H,23,24). The van der Waals surface area contributed by atoms with E-state index in [1.165, 1.54) is 4.68 Å². The van der Waals surface area contributed by atoms with Gasteiger partial charge in [0.15, 0.2) is 12.0 Å². The first-order chi connectivity index (χ1) is 11.5. The van der Waals surface area contributed by atoms with Crippen molar-refractivity contribution in [3.05, 3.63) is 69.8 Å². The molecule has 120 valence electrons. The maximum absolute atomic E-state index is 11.5. The predicted octanol–water partition coefficient (Wildman–Crippen LogP) is 4.36. The SMILES string of the molecule is O=Cc1c(C(=O)O)nn(-c2ccccc2Cl)c1-c1ccc(Cl)cc1. The number of carbonyl (C=O) groups is 2. The molecule has 0 spiro atoms. The third kappa shape index (κ3) is 2.79. The first kappa shape index (κ1) is 16.2. The van der Waals surface area contributed by atoms with Crippen molar-refractivity contribution in [2.45, 2.75) is 0 Å². The Bertz CT molecular complexity index is 934. The smallest absolute Gasteiger partial charge is 0.357 e. The van der Waals surface area contributed by atoms with Gasteiger partial charge in [-0.15, -0.1) is 0 Å². The predicted molar refractivity (Wildman–Crippen MR) is 91.4 cm³/mol. The monoisotopic (exact) mass is 360 g/mol. The average molecular weight is 361 g/mol. The molecular formula is C17H10Cl2N2O3. The lowest BCUT2D eigenvalue weighted by Crippen LogP contribution is -2.03. The number of hydrogen-bond donors (Lipinski definition) is 1. The van der Waals surface area contributed by atoms with Gasteiger partial charge in [0.1, 0.15) is 0 Å². The Morgan fingerprint density at radius 3 is 2.33 bits per heavy atom. The summed E-state index contributed by atoms with van der Waals surface area (Å²) < 4.78 is 1.36. The van der Waals surface area contributed by atoms with Crippen LogP contribution in [0.2, 0.25) is 10.0 Å². The number of aldehydes is 1. The summed E-state index contributed by atoms with van der Waals surface area (Å²) in [7, 11) is 0. The number of carboxylic acids is 1. The van der Waals surface area contributed by atoms with Crippen LogP contribution in [0.15, 0.2) is 48.5 Å². The molecule has 1 heterocycles. The second-order valence-electron chi connectivity index (χ2n) is 4.90. The van der Waals surface area contributed by atoms with Crippen molar-refractivity contribution >= 4 is 35.5 Å². The van der Waals surface area contributed by atoms with E-state index in [4.69, 9.17) is 23.2 Å². The highest BCUT2D eigenvalue weighted by Gasteiger charge is 2.24. The molecule has 0 amide bonds. The zero-order valence-corrected chi connectivity index (χ0v) is 13.6. The molecule has 0 aliphatic rings. The maximum atomic E-state index is 11.5. The summed E-state index contributed by atoms with van der Waals surface area (Å²) >= 11 is 12.1. The largest absolute Gasteiger partial charge is 0.476 e. The number of aromatic nitrogens is 2. The van der Waals surface area contributed by atoms with Crippen molar-refractivity contribution in [2.75, 3.05) is 0 Å². The molecule has 0 fully saturated rings. The fourth-order valence-corrected chi connectivity index (χ4v) is 2.72. The van der Waals surface area contributed by atoms with E-state index in [0.29, 0.717) is 33.3 Å². The molecule has 0 aliphatic heterocycles. The zero-order valence-electron chi connectivity index (χ0n) is 12.1. The van der Waals surface area contributed by atoms with Crippen LogP contribution in [-0.2, 0) is 0 Å². The summed E-state index contributed by atoms with van der Waals surface area (Å²) in [5.74, 6) is -1.29. The van der Waals surface area contributed by atoms with Crippen molar-refractivity contribution in [1.82, 2.24) is 9.78 Å². The molecule has 24 heavy (non-hydrogen) atoms. The van der Waals surface area contributed by atoms with Crippen LogP contribution in [0.1, 0.15) is 20.8 Å².